The second-order valence-electron chi connectivity index (χ2n) is 7.27. The molecule has 166 valence electrons. The lowest BCUT2D eigenvalue weighted by molar-refractivity contribution is -0.0189. The number of esters is 1. The van der Waals surface area contributed by atoms with Crippen LogP contribution in [0.2, 0.25) is 0 Å². The van der Waals surface area contributed by atoms with Crippen LogP contribution in [0.3, 0.4) is 0 Å². The number of hydrogen-bond acceptors (Lipinski definition) is 10. The van der Waals surface area contributed by atoms with Gasteiger partial charge < -0.3 is 45.2 Å². The average Bonchev–Trinajstić information content (AvgIpc) is 2.70. The number of aromatic hydroxyl groups is 7. The van der Waals surface area contributed by atoms with E-state index in [-0.39, 0.29) is 51.9 Å². The topological polar surface area (TPSA) is 177 Å². The smallest absolute Gasteiger partial charge is 0.338 e. The van der Waals surface area contributed by atoms with E-state index in [0.717, 1.165) is 24.3 Å². The van der Waals surface area contributed by atoms with E-state index in [2.05, 4.69) is 0 Å². The molecular weight excluding hydrogens is 424 g/mol. The van der Waals surface area contributed by atoms with Gasteiger partial charge in [-0.25, -0.2) is 4.79 Å². The Balaban J connectivity index is 1.73. The van der Waals surface area contributed by atoms with Gasteiger partial charge in [0.25, 0.3) is 0 Å². The van der Waals surface area contributed by atoms with E-state index in [4.69, 9.17) is 9.47 Å². The molecule has 0 fully saturated rings. The Morgan fingerprint density at radius 2 is 1.38 bits per heavy atom. The molecule has 7 N–H and O–H groups in total. The minimum absolute atomic E-state index is 0.0652. The van der Waals surface area contributed by atoms with Crippen molar-refractivity contribution in [1.29, 1.82) is 0 Å². The van der Waals surface area contributed by atoms with Crippen LogP contribution in [0.1, 0.15) is 27.6 Å². The van der Waals surface area contributed by atoms with Crippen molar-refractivity contribution >= 4 is 5.97 Å². The molecule has 4 rings (SSSR count). The monoisotopic (exact) mass is 442 g/mol. The molecule has 3 aromatic rings. The zero-order chi connectivity index (χ0) is 23.2. The molecule has 0 aromatic heterocycles. The van der Waals surface area contributed by atoms with Gasteiger partial charge in [-0.2, -0.15) is 0 Å². The number of rotatable bonds is 3. The molecule has 0 amide bonds. The summed E-state index contributed by atoms with van der Waals surface area (Å²) in [7, 11) is 0. The Kier molecular flexibility index (Phi) is 4.97. The first-order valence-corrected chi connectivity index (χ1v) is 9.32. The van der Waals surface area contributed by atoms with E-state index in [1.165, 1.54) is 18.2 Å². The Hall–Kier alpha value is -4.47. The fourth-order valence-corrected chi connectivity index (χ4v) is 3.54. The third-order valence-electron chi connectivity index (χ3n) is 4.98. The van der Waals surface area contributed by atoms with Gasteiger partial charge in [-0.05, 0) is 24.3 Å². The molecule has 0 saturated carbocycles. The van der Waals surface area contributed by atoms with Gasteiger partial charge >= 0.3 is 5.97 Å². The summed E-state index contributed by atoms with van der Waals surface area (Å²) in [5, 5.41) is 68.5. The molecular formula is C22H18O10. The zero-order valence-corrected chi connectivity index (χ0v) is 16.3. The van der Waals surface area contributed by atoms with Crippen LogP contribution in [0.4, 0.5) is 0 Å². The fraction of sp³-hybridized carbons (Fsp3) is 0.136. The molecule has 1 heterocycles. The highest BCUT2D eigenvalue weighted by molar-refractivity contribution is 5.91. The molecule has 10 nitrogen and oxygen atoms in total. The Bertz CT molecular complexity index is 1180. The average molecular weight is 442 g/mol. The quantitative estimate of drug-likeness (QED) is 0.235. The van der Waals surface area contributed by atoms with Crippen LogP contribution in [0.15, 0.2) is 42.5 Å². The predicted molar refractivity (Wildman–Crippen MR) is 107 cm³/mol. The zero-order valence-electron chi connectivity index (χ0n) is 16.3. The fourth-order valence-electron chi connectivity index (χ4n) is 3.54. The SMILES string of the molecule is O=C(O[C@@H]1Cc2c(O)cc(O)cc2O[C@H]1c1cc(O)cc(O)c1)c1cc(O)c(O)c(O)c1. The Morgan fingerprint density at radius 3 is 2.00 bits per heavy atom. The van der Waals surface area contributed by atoms with Crippen molar-refractivity contribution in [2.24, 2.45) is 0 Å². The van der Waals surface area contributed by atoms with E-state index >= 15 is 0 Å². The Labute approximate surface area is 180 Å². The molecule has 0 unspecified atom stereocenters. The summed E-state index contributed by atoms with van der Waals surface area (Å²) in [6, 6.07) is 7.84. The highest BCUT2D eigenvalue weighted by Crippen LogP contribution is 2.44. The summed E-state index contributed by atoms with van der Waals surface area (Å²) in [6.07, 6.45) is -2.22. The van der Waals surface area contributed by atoms with Crippen molar-refractivity contribution in [3.8, 4) is 46.0 Å². The van der Waals surface area contributed by atoms with Crippen LogP contribution in [0.25, 0.3) is 0 Å². The van der Waals surface area contributed by atoms with Gasteiger partial charge in [0.1, 0.15) is 34.9 Å². The van der Waals surface area contributed by atoms with E-state index in [1.54, 1.807) is 0 Å². The number of hydrogen-bond donors (Lipinski definition) is 7. The summed E-state index contributed by atoms with van der Waals surface area (Å²) < 4.78 is 11.4. The molecule has 32 heavy (non-hydrogen) atoms. The summed E-state index contributed by atoms with van der Waals surface area (Å²) in [5.41, 5.74) is 0.221. The molecule has 1 aliphatic rings. The Morgan fingerprint density at radius 1 is 0.781 bits per heavy atom. The summed E-state index contributed by atoms with van der Waals surface area (Å²) in [4.78, 5) is 12.7. The van der Waals surface area contributed by atoms with E-state index < -0.39 is 35.4 Å². The van der Waals surface area contributed by atoms with Crippen molar-refractivity contribution < 1.29 is 50.0 Å². The third-order valence-corrected chi connectivity index (χ3v) is 4.98. The molecule has 3 aromatic carbocycles. The van der Waals surface area contributed by atoms with Crippen LogP contribution in [0.5, 0.6) is 46.0 Å². The van der Waals surface area contributed by atoms with E-state index in [9.17, 15) is 40.5 Å². The van der Waals surface area contributed by atoms with E-state index in [0.29, 0.717) is 0 Å². The van der Waals surface area contributed by atoms with Crippen LogP contribution in [-0.4, -0.2) is 47.8 Å². The van der Waals surface area contributed by atoms with Crippen LogP contribution in [0, 0.1) is 0 Å². The number of ether oxygens (including phenoxy) is 2. The summed E-state index contributed by atoms with van der Waals surface area (Å²) >= 11 is 0. The maximum Gasteiger partial charge on any atom is 0.338 e. The minimum atomic E-state index is -1.09. The number of fused-ring (bicyclic) bond motifs is 1. The second kappa shape index (κ2) is 7.65. The lowest BCUT2D eigenvalue weighted by Gasteiger charge is -2.34. The minimum Gasteiger partial charge on any atom is -0.508 e. The van der Waals surface area contributed by atoms with Crippen LogP contribution < -0.4 is 4.74 Å². The number of carbonyl (C=O) groups excluding carboxylic acids is 1. The molecule has 0 spiro atoms. The lowest BCUT2D eigenvalue weighted by Crippen LogP contribution is -2.34. The first-order chi connectivity index (χ1) is 15.1. The highest BCUT2D eigenvalue weighted by Gasteiger charge is 2.37. The molecule has 2 atom stereocenters. The van der Waals surface area contributed by atoms with Gasteiger partial charge in [-0.1, -0.05) is 0 Å². The van der Waals surface area contributed by atoms with Gasteiger partial charge in [-0.3, -0.25) is 0 Å². The molecule has 0 saturated heterocycles. The number of benzene rings is 3. The largest absolute Gasteiger partial charge is 0.508 e. The maximum absolute atomic E-state index is 12.7. The first kappa shape index (κ1) is 20.8. The van der Waals surface area contributed by atoms with Crippen LogP contribution >= 0.6 is 0 Å². The van der Waals surface area contributed by atoms with Crippen molar-refractivity contribution in [2.45, 2.75) is 18.6 Å². The van der Waals surface area contributed by atoms with Crippen molar-refractivity contribution in [3.05, 3.63) is 59.2 Å². The standard InChI is InChI=1S/C22H18O10/c23-11-1-9(2-12(24)5-11)21-19(8-14-15(26)6-13(25)7-18(14)31-21)32-22(30)10-3-16(27)20(29)17(28)4-10/h1-7,19,21,23-29H,8H2/t19-,21+/m1/s1. The molecule has 0 bridgehead atoms. The highest BCUT2D eigenvalue weighted by atomic mass is 16.6. The van der Waals surface area contributed by atoms with E-state index in [1.807, 2.05) is 0 Å². The molecule has 0 radical (unpaired) electrons. The molecule has 1 aliphatic heterocycles. The van der Waals surface area contributed by atoms with Gasteiger partial charge in [0.2, 0.25) is 0 Å². The van der Waals surface area contributed by atoms with Gasteiger partial charge in [0, 0.05) is 35.7 Å². The van der Waals surface area contributed by atoms with Gasteiger partial charge in [0.05, 0.1) is 5.56 Å². The number of phenolic OH excluding ortho intramolecular Hbond substituents is 7. The van der Waals surface area contributed by atoms with Gasteiger partial charge in [-0.15, -0.1) is 0 Å². The lowest BCUT2D eigenvalue weighted by atomic mass is 9.93. The molecule has 0 aliphatic carbocycles. The number of carbonyl (C=O) groups is 1. The number of phenols is 7. The predicted octanol–water partition coefficient (Wildman–Crippen LogP) is 2.53. The second-order valence-corrected chi connectivity index (χ2v) is 7.27. The van der Waals surface area contributed by atoms with Crippen LogP contribution in [-0.2, 0) is 11.2 Å². The maximum atomic E-state index is 12.7. The van der Waals surface area contributed by atoms with Crippen molar-refractivity contribution in [2.75, 3.05) is 0 Å². The summed E-state index contributed by atoms with van der Waals surface area (Å²) in [6.45, 7) is 0. The summed E-state index contributed by atoms with van der Waals surface area (Å²) in [5.74, 6) is -4.23. The van der Waals surface area contributed by atoms with Crippen molar-refractivity contribution in [3.63, 3.8) is 0 Å². The molecule has 10 heteroatoms. The van der Waals surface area contributed by atoms with Gasteiger partial charge in [0.15, 0.2) is 23.4 Å². The first-order valence-electron chi connectivity index (χ1n) is 9.32. The normalized spacial score (nSPS) is 17.2. The van der Waals surface area contributed by atoms with Crippen molar-refractivity contribution in [1.82, 2.24) is 0 Å². The third kappa shape index (κ3) is 3.81.